The van der Waals surface area contributed by atoms with Crippen molar-refractivity contribution >= 4 is 17.6 Å². The second-order valence-corrected chi connectivity index (χ2v) is 4.00. The lowest BCUT2D eigenvalue weighted by Crippen LogP contribution is -2.04. The molecule has 0 heterocycles. The standard InChI is InChI=1S/C12H11ClO2/c1-15-12(14)8-5-3-2-4-6-11(13)10-7-9(8)10/h4-7H2,1H3/b9-8+,11-10+. The highest BCUT2D eigenvalue weighted by Crippen LogP contribution is 2.45. The molecule has 2 aliphatic rings. The van der Waals surface area contributed by atoms with E-state index in [4.69, 9.17) is 16.3 Å². The molecule has 0 amide bonds. The minimum Gasteiger partial charge on any atom is -0.466 e. The fraction of sp³-hybridized carbons (Fsp3) is 0.417. The van der Waals surface area contributed by atoms with Crippen LogP contribution in [-0.2, 0) is 9.53 Å². The van der Waals surface area contributed by atoms with Crippen LogP contribution in [0, 0.1) is 11.8 Å². The Morgan fingerprint density at radius 3 is 2.93 bits per heavy atom. The van der Waals surface area contributed by atoms with Crippen molar-refractivity contribution in [2.75, 3.05) is 7.11 Å². The fourth-order valence-electron chi connectivity index (χ4n) is 1.67. The van der Waals surface area contributed by atoms with E-state index in [1.807, 2.05) is 0 Å². The highest BCUT2D eigenvalue weighted by Gasteiger charge is 2.31. The molecule has 0 radical (unpaired) electrons. The van der Waals surface area contributed by atoms with E-state index < -0.39 is 0 Å². The number of ether oxygens (including phenoxy) is 1. The molecule has 15 heavy (non-hydrogen) atoms. The summed E-state index contributed by atoms with van der Waals surface area (Å²) < 4.78 is 4.73. The molecule has 3 heteroatoms. The van der Waals surface area contributed by atoms with E-state index in [0.29, 0.717) is 12.0 Å². The maximum absolute atomic E-state index is 11.5. The molecule has 0 N–H and O–H groups in total. The number of methoxy groups -OCH3 is 1. The van der Waals surface area contributed by atoms with Crippen LogP contribution in [0.25, 0.3) is 0 Å². The third-order valence-corrected chi connectivity index (χ3v) is 2.99. The number of fused-ring (bicyclic) bond motifs is 1. The van der Waals surface area contributed by atoms with Gasteiger partial charge in [0.15, 0.2) is 0 Å². The molecule has 2 nitrogen and oxygen atoms in total. The van der Waals surface area contributed by atoms with Gasteiger partial charge in [-0.1, -0.05) is 17.5 Å². The summed E-state index contributed by atoms with van der Waals surface area (Å²) in [5, 5.41) is 0.850. The van der Waals surface area contributed by atoms with Gasteiger partial charge in [-0.3, -0.25) is 0 Å². The zero-order valence-corrected chi connectivity index (χ0v) is 9.28. The Bertz CT molecular complexity index is 432. The minimum absolute atomic E-state index is 0.277. The van der Waals surface area contributed by atoms with Gasteiger partial charge in [-0.2, -0.15) is 0 Å². The van der Waals surface area contributed by atoms with Gasteiger partial charge in [0.25, 0.3) is 0 Å². The first-order chi connectivity index (χ1) is 7.24. The Balaban J connectivity index is 2.37. The van der Waals surface area contributed by atoms with Gasteiger partial charge in [0.2, 0.25) is 0 Å². The van der Waals surface area contributed by atoms with E-state index in [1.54, 1.807) is 0 Å². The van der Waals surface area contributed by atoms with E-state index in [2.05, 4.69) is 11.8 Å². The highest BCUT2D eigenvalue weighted by atomic mass is 35.5. The summed E-state index contributed by atoms with van der Waals surface area (Å²) in [7, 11) is 1.39. The molecule has 78 valence electrons. The number of halogens is 1. The van der Waals surface area contributed by atoms with Gasteiger partial charge < -0.3 is 4.74 Å². The van der Waals surface area contributed by atoms with Crippen molar-refractivity contribution in [2.24, 2.45) is 0 Å². The summed E-state index contributed by atoms with van der Waals surface area (Å²) >= 11 is 6.10. The van der Waals surface area contributed by atoms with Gasteiger partial charge in [-0.05, 0) is 24.0 Å². The molecular weight excluding hydrogens is 212 g/mol. The van der Waals surface area contributed by atoms with E-state index in [1.165, 1.54) is 7.11 Å². The Hall–Kier alpha value is -1.20. The van der Waals surface area contributed by atoms with Gasteiger partial charge in [0, 0.05) is 17.9 Å². The Morgan fingerprint density at radius 2 is 2.20 bits per heavy atom. The van der Waals surface area contributed by atoms with Crippen LogP contribution in [0.1, 0.15) is 25.7 Å². The largest absolute Gasteiger partial charge is 0.466 e. The summed E-state index contributed by atoms with van der Waals surface area (Å²) in [6.45, 7) is 0. The van der Waals surface area contributed by atoms with Crippen LogP contribution in [0.3, 0.4) is 0 Å². The zero-order chi connectivity index (χ0) is 10.8. The van der Waals surface area contributed by atoms with Crippen molar-refractivity contribution in [3.8, 4) is 11.8 Å². The topological polar surface area (TPSA) is 26.3 Å². The predicted octanol–water partition coefficient (Wildman–Crippen LogP) is 2.54. The lowest BCUT2D eigenvalue weighted by molar-refractivity contribution is -0.136. The van der Waals surface area contributed by atoms with E-state index in [-0.39, 0.29) is 5.97 Å². The first kappa shape index (κ1) is 10.3. The predicted molar refractivity (Wildman–Crippen MR) is 58.2 cm³/mol. The normalized spacial score (nSPS) is 28.9. The molecule has 0 aliphatic heterocycles. The second kappa shape index (κ2) is 4.12. The van der Waals surface area contributed by atoms with Gasteiger partial charge in [0.1, 0.15) is 0 Å². The van der Waals surface area contributed by atoms with E-state index in [9.17, 15) is 4.79 Å². The maximum atomic E-state index is 11.5. The molecule has 1 saturated carbocycles. The number of rotatable bonds is 1. The fourth-order valence-corrected chi connectivity index (χ4v) is 1.94. The van der Waals surface area contributed by atoms with Crippen LogP contribution in [-0.4, -0.2) is 13.1 Å². The summed E-state index contributed by atoms with van der Waals surface area (Å²) in [5.41, 5.74) is 2.84. The van der Waals surface area contributed by atoms with Crippen molar-refractivity contribution < 1.29 is 9.53 Å². The number of hydrogen-bond acceptors (Lipinski definition) is 2. The van der Waals surface area contributed by atoms with Crippen LogP contribution in [0.5, 0.6) is 0 Å². The van der Waals surface area contributed by atoms with Crippen molar-refractivity contribution in [1.82, 2.24) is 0 Å². The third kappa shape index (κ3) is 2.08. The first-order valence-electron chi connectivity index (χ1n) is 4.88. The molecule has 0 atom stereocenters. The van der Waals surface area contributed by atoms with Crippen LogP contribution in [0.2, 0.25) is 0 Å². The Morgan fingerprint density at radius 1 is 1.40 bits per heavy atom. The molecule has 0 saturated heterocycles. The number of carbonyl (C=O) groups excluding carboxylic acids is 1. The number of esters is 1. The van der Waals surface area contributed by atoms with Gasteiger partial charge in [0.05, 0.1) is 12.7 Å². The molecule has 0 unspecified atom stereocenters. The molecular formula is C12H11ClO2. The van der Waals surface area contributed by atoms with Gasteiger partial charge >= 0.3 is 5.97 Å². The smallest absolute Gasteiger partial charge is 0.335 e. The first-order valence-corrected chi connectivity index (χ1v) is 5.25. The molecule has 0 aromatic heterocycles. The molecule has 0 aromatic carbocycles. The Kier molecular flexibility index (Phi) is 2.83. The third-order valence-electron chi connectivity index (χ3n) is 2.58. The lowest BCUT2D eigenvalue weighted by Gasteiger charge is -1.99. The molecule has 0 bridgehead atoms. The van der Waals surface area contributed by atoms with Crippen molar-refractivity contribution in [3.05, 3.63) is 21.8 Å². The zero-order valence-electron chi connectivity index (χ0n) is 8.52. The summed E-state index contributed by atoms with van der Waals surface area (Å²) in [6, 6.07) is 0. The average molecular weight is 223 g/mol. The quantitative estimate of drug-likeness (QED) is 0.504. The van der Waals surface area contributed by atoms with Crippen molar-refractivity contribution in [2.45, 2.75) is 25.7 Å². The number of carbonyl (C=O) groups is 1. The van der Waals surface area contributed by atoms with Crippen molar-refractivity contribution in [3.63, 3.8) is 0 Å². The van der Waals surface area contributed by atoms with Gasteiger partial charge in [-0.25, -0.2) is 4.79 Å². The molecule has 1 fully saturated rings. The average Bonchev–Trinajstić information content (AvgIpc) is 3.01. The van der Waals surface area contributed by atoms with E-state index in [0.717, 1.165) is 35.4 Å². The monoisotopic (exact) mass is 222 g/mol. The lowest BCUT2D eigenvalue weighted by atomic mass is 10.1. The number of allylic oxidation sites excluding steroid dienone is 3. The molecule has 0 aromatic rings. The van der Waals surface area contributed by atoms with Crippen LogP contribution in [0.15, 0.2) is 21.8 Å². The Labute approximate surface area is 93.9 Å². The highest BCUT2D eigenvalue weighted by molar-refractivity contribution is 6.30. The van der Waals surface area contributed by atoms with Crippen LogP contribution >= 0.6 is 11.6 Å². The molecule has 0 spiro atoms. The minimum atomic E-state index is -0.277. The summed E-state index contributed by atoms with van der Waals surface area (Å²) in [4.78, 5) is 11.5. The number of hydrogen-bond donors (Lipinski definition) is 0. The SMILES string of the molecule is COC(=O)/C1=C2\C\C2=C(/Cl)CCC#CC1. The van der Waals surface area contributed by atoms with E-state index >= 15 is 0 Å². The molecule has 2 rings (SSSR count). The summed E-state index contributed by atoms with van der Waals surface area (Å²) in [6.07, 6.45) is 2.87. The van der Waals surface area contributed by atoms with Crippen LogP contribution < -0.4 is 0 Å². The maximum Gasteiger partial charge on any atom is 0.335 e. The van der Waals surface area contributed by atoms with Gasteiger partial charge in [-0.15, -0.1) is 5.92 Å². The molecule has 2 aliphatic carbocycles. The summed E-state index contributed by atoms with van der Waals surface area (Å²) in [5.74, 6) is 5.70. The van der Waals surface area contributed by atoms with Crippen molar-refractivity contribution in [1.29, 1.82) is 0 Å². The van der Waals surface area contributed by atoms with Crippen LogP contribution in [0.4, 0.5) is 0 Å². The second-order valence-electron chi connectivity index (χ2n) is 3.54.